The number of rotatable bonds is 5. The minimum atomic E-state index is -4.06. The van der Waals surface area contributed by atoms with E-state index in [1.165, 1.54) is 14.1 Å². The van der Waals surface area contributed by atoms with Gasteiger partial charge in [-0.15, -0.1) is 9.19 Å². The molecule has 0 saturated carbocycles. The summed E-state index contributed by atoms with van der Waals surface area (Å²) in [6.45, 7) is 3.51. The Hall–Kier alpha value is -1.42. The van der Waals surface area contributed by atoms with Crippen LogP contribution in [0.1, 0.15) is 18.1 Å². The summed E-state index contributed by atoms with van der Waals surface area (Å²) < 4.78 is 51.7. The first-order valence-electron chi connectivity index (χ1n) is 7.05. The molecule has 0 spiro atoms. The Morgan fingerprint density at radius 2 is 1.83 bits per heavy atom. The number of sulfone groups is 1. The third-order valence-electron chi connectivity index (χ3n) is 3.51. The van der Waals surface area contributed by atoms with Crippen molar-refractivity contribution in [1.29, 1.82) is 0 Å². The lowest BCUT2D eigenvalue weighted by Gasteiger charge is -2.12. The first kappa shape index (κ1) is 18.9. The van der Waals surface area contributed by atoms with Crippen LogP contribution >= 0.6 is 11.6 Å². The van der Waals surface area contributed by atoms with Crippen molar-refractivity contribution in [3.05, 3.63) is 40.5 Å². The van der Waals surface area contributed by atoms with Gasteiger partial charge in [0.1, 0.15) is 0 Å². The van der Waals surface area contributed by atoms with Crippen LogP contribution in [0.3, 0.4) is 0 Å². The van der Waals surface area contributed by atoms with Crippen molar-refractivity contribution in [1.82, 2.24) is 13.5 Å². The fourth-order valence-electron chi connectivity index (χ4n) is 2.26. The largest absolute Gasteiger partial charge is 0.322 e. The molecule has 7 nitrogen and oxygen atoms in total. The summed E-state index contributed by atoms with van der Waals surface area (Å²) in [7, 11) is -5.38. The van der Waals surface area contributed by atoms with Crippen LogP contribution in [0.5, 0.6) is 0 Å². The molecule has 0 fully saturated rings. The fraction of sp³-hybridized carbons (Fsp3) is 0.357. The molecule has 2 rings (SSSR count). The van der Waals surface area contributed by atoms with E-state index in [-0.39, 0.29) is 9.92 Å². The van der Waals surface area contributed by atoms with Crippen LogP contribution in [0.15, 0.2) is 34.3 Å². The van der Waals surface area contributed by atoms with E-state index in [1.54, 1.807) is 25.1 Å². The van der Waals surface area contributed by atoms with Gasteiger partial charge in [0, 0.05) is 14.1 Å². The second-order valence-electron chi connectivity index (χ2n) is 5.37. The molecule has 1 heterocycles. The molecule has 0 aliphatic carbocycles. The molecule has 0 aliphatic heterocycles. The van der Waals surface area contributed by atoms with Gasteiger partial charge in [-0.25, -0.2) is 8.42 Å². The maximum Gasteiger partial charge on any atom is 0.322 e. The highest BCUT2D eigenvalue weighted by Crippen LogP contribution is 2.31. The van der Waals surface area contributed by atoms with E-state index < -0.39 is 25.1 Å². The highest BCUT2D eigenvalue weighted by molar-refractivity contribution is 7.91. The Bertz CT molecular complexity index is 979. The van der Waals surface area contributed by atoms with Gasteiger partial charge in [-0.1, -0.05) is 36.7 Å². The molecule has 1 aromatic carbocycles. The van der Waals surface area contributed by atoms with Gasteiger partial charge in [-0.2, -0.15) is 12.7 Å². The van der Waals surface area contributed by atoms with Gasteiger partial charge in [-0.3, -0.25) is 0 Å². The standard InChI is InChI=1S/C14H18ClN3O4S2/c1-5-11-8-6-7-10(2)13(11)23(19,20)14-12(15)9-18(16-14)24(21,22)17(3)4/h6-9H,5H2,1-4H3. The predicted molar refractivity (Wildman–Crippen MR) is 91.3 cm³/mol. The molecular weight excluding hydrogens is 374 g/mol. The van der Waals surface area contributed by atoms with Gasteiger partial charge in [0.25, 0.3) is 0 Å². The molecule has 0 saturated heterocycles. The zero-order chi connectivity index (χ0) is 18.3. The Kier molecular flexibility index (Phi) is 5.10. The maximum atomic E-state index is 13.0. The van der Waals surface area contributed by atoms with Crippen molar-refractivity contribution < 1.29 is 16.8 Å². The summed E-state index contributed by atoms with van der Waals surface area (Å²) in [6.07, 6.45) is 1.48. The molecule has 24 heavy (non-hydrogen) atoms. The third kappa shape index (κ3) is 3.08. The molecule has 0 bridgehead atoms. The second-order valence-corrected chi connectivity index (χ2v) is 9.57. The average Bonchev–Trinajstić information content (AvgIpc) is 2.89. The van der Waals surface area contributed by atoms with Gasteiger partial charge in [0.05, 0.1) is 16.1 Å². The van der Waals surface area contributed by atoms with Gasteiger partial charge in [-0.05, 0) is 24.5 Å². The van der Waals surface area contributed by atoms with Crippen LogP contribution in [0.4, 0.5) is 0 Å². The molecule has 0 amide bonds. The van der Waals surface area contributed by atoms with Gasteiger partial charge in [0.15, 0.2) is 0 Å². The fourth-order valence-corrected chi connectivity index (χ4v) is 5.31. The number of aromatic nitrogens is 2. The number of aryl methyl sites for hydroxylation is 2. The Labute approximate surface area is 147 Å². The minimum Gasteiger partial charge on any atom is -0.217 e. The average molecular weight is 392 g/mol. The van der Waals surface area contributed by atoms with E-state index in [0.29, 0.717) is 21.6 Å². The Morgan fingerprint density at radius 3 is 2.38 bits per heavy atom. The molecular formula is C14H18ClN3O4S2. The first-order valence-corrected chi connectivity index (χ1v) is 10.3. The molecule has 2 aromatic rings. The summed E-state index contributed by atoms with van der Waals surface area (Å²) in [6, 6.07) is 5.15. The third-order valence-corrected chi connectivity index (χ3v) is 7.42. The molecule has 0 atom stereocenters. The zero-order valence-electron chi connectivity index (χ0n) is 13.7. The van der Waals surface area contributed by atoms with Gasteiger partial charge < -0.3 is 0 Å². The van der Waals surface area contributed by atoms with E-state index in [1.807, 2.05) is 6.92 Å². The van der Waals surface area contributed by atoms with Crippen LogP contribution in [0.25, 0.3) is 0 Å². The van der Waals surface area contributed by atoms with Crippen LogP contribution in [0.2, 0.25) is 5.02 Å². The number of halogens is 1. The smallest absolute Gasteiger partial charge is 0.217 e. The van der Waals surface area contributed by atoms with Crippen LogP contribution in [0, 0.1) is 6.92 Å². The topological polar surface area (TPSA) is 89.3 Å². The second kappa shape index (κ2) is 6.47. The van der Waals surface area contributed by atoms with Gasteiger partial charge >= 0.3 is 10.2 Å². The monoisotopic (exact) mass is 391 g/mol. The number of hydrogen-bond donors (Lipinski definition) is 0. The normalized spacial score (nSPS) is 12.8. The van der Waals surface area contributed by atoms with Crippen molar-refractivity contribution in [2.45, 2.75) is 30.2 Å². The molecule has 0 N–H and O–H groups in total. The first-order chi connectivity index (χ1) is 11.0. The molecule has 0 radical (unpaired) electrons. The van der Waals surface area contributed by atoms with Crippen molar-refractivity contribution in [3.63, 3.8) is 0 Å². The SMILES string of the molecule is CCc1cccc(C)c1S(=O)(=O)c1nn(S(=O)(=O)N(C)C)cc1Cl. The zero-order valence-corrected chi connectivity index (χ0v) is 16.1. The lowest BCUT2D eigenvalue weighted by molar-refractivity contribution is 0.502. The summed E-state index contributed by atoms with van der Waals surface area (Å²) in [4.78, 5) is 0.113. The number of benzene rings is 1. The van der Waals surface area contributed by atoms with E-state index in [2.05, 4.69) is 5.10 Å². The van der Waals surface area contributed by atoms with Crippen molar-refractivity contribution >= 4 is 31.6 Å². The Balaban J connectivity index is 2.72. The van der Waals surface area contributed by atoms with E-state index in [9.17, 15) is 16.8 Å². The van der Waals surface area contributed by atoms with Crippen molar-refractivity contribution in [3.8, 4) is 0 Å². The summed E-state index contributed by atoms with van der Waals surface area (Å²) >= 11 is 5.99. The minimum absolute atomic E-state index is 0.113. The lowest BCUT2D eigenvalue weighted by atomic mass is 10.1. The van der Waals surface area contributed by atoms with Crippen molar-refractivity contribution in [2.24, 2.45) is 0 Å². The van der Waals surface area contributed by atoms with Crippen molar-refractivity contribution in [2.75, 3.05) is 14.1 Å². The number of hydrogen-bond acceptors (Lipinski definition) is 5. The van der Waals surface area contributed by atoms with Crippen LogP contribution in [-0.2, 0) is 26.5 Å². The predicted octanol–water partition coefficient (Wildman–Crippen LogP) is 1.89. The summed E-state index contributed by atoms with van der Waals surface area (Å²) in [5.41, 5.74) is 1.17. The van der Waals surface area contributed by atoms with Crippen LogP contribution in [-0.4, -0.2) is 44.4 Å². The van der Waals surface area contributed by atoms with E-state index in [0.717, 1.165) is 10.5 Å². The van der Waals surface area contributed by atoms with E-state index in [4.69, 9.17) is 11.6 Å². The highest BCUT2D eigenvalue weighted by atomic mass is 35.5. The molecule has 0 unspecified atom stereocenters. The highest BCUT2D eigenvalue weighted by Gasteiger charge is 2.31. The summed E-state index contributed by atoms with van der Waals surface area (Å²) in [5.74, 6) is 0. The Morgan fingerprint density at radius 1 is 1.21 bits per heavy atom. The molecule has 132 valence electrons. The lowest BCUT2D eigenvalue weighted by Crippen LogP contribution is -2.29. The quantitative estimate of drug-likeness (QED) is 0.776. The van der Waals surface area contributed by atoms with E-state index >= 15 is 0 Å². The number of nitrogens with zero attached hydrogens (tertiary/aromatic N) is 3. The molecule has 0 aliphatic rings. The van der Waals surface area contributed by atoms with Crippen LogP contribution < -0.4 is 0 Å². The molecule has 1 aromatic heterocycles. The molecule has 10 heteroatoms. The summed E-state index contributed by atoms with van der Waals surface area (Å²) in [5, 5.41) is 3.02. The maximum absolute atomic E-state index is 13.0. The van der Waals surface area contributed by atoms with Gasteiger partial charge in [0.2, 0.25) is 14.9 Å².